The quantitative estimate of drug-likeness (QED) is 0.0270. The number of hydrogen-bond donors (Lipinski definition) is 3. The van der Waals surface area contributed by atoms with E-state index >= 15 is 0 Å². The van der Waals surface area contributed by atoms with E-state index in [9.17, 15) is 14.9 Å². The SMILES string of the molecule is COc1ccc(C(OCc2cc(CNC(=O)CCCCC3SCC4NC(=O)NC43)cc(COP(OCCC#N)N(C(C)C)C(C)C)c2)(c2ccccc2)c2ccc(OC)cc2)cc1. The largest absolute Gasteiger partial charge is 0.497 e. The molecule has 4 unspecified atom stereocenters. The van der Waals surface area contributed by atoms with Gasteiger partial charge in [0.1, 0.15) is 17.1 Å². The fourth-order valence-corrected chi connectivity index (χ4v) is 11.5. The molecule has 0 bridgehead atoms. The van der Waals surface area contributed by atoms with E-state index in [0.717, 1.165) is 69.9 Å². The van der Waals surface area contributed by atoms with Gasteiger partial charge in [-0.3, -0.25) is 4.79 Å². The average molecular weight is 896 g/mol. The number of hydrogen-bond acceptors (Lipinski definition) is 10. The Bertz CT molecular complexity index is 2060. The summed E-state index contributed by atoms with van der Waals surface area (Å²) in [5.41, 5.74) is 4.49. The van der Waals surface area contributed by atoms with Crippen LogP contribution in [0, 0.1) is 11.3 Å². The molecule has 3 amide bonds. The number of thioether (sulfide) groups is 1. The Kier molecular flexibility index (Phi) is 17.7. The van der Waals surface area contributed by atoms with Crippen molar-refractivity contribution in [2.75, 3.05) is 26.6 Å². The molecule has 2 saturated heterocycles. The lowest BCUT2D eigenvalue weighted by atomic mass is 9.80. The van der Waals surface area contributed by atoms with Crippen molar-refractivity contribution in [2.45, 2.75) is 115 Å². The van der Waals surface area contributed by atoms with Gasteiger partial charge >= 0.3 is 6.03 Å². The van der Waals surface area contributed by atoms with Crippen LogP contribution in [0.1, 0.15) is 93.2 Å². The standard InChI is InChI=1S/C49H62N5O7PS/c1-34(2)54(35(3)4)62(60-26-12-25-50)61-32-38-28-36(30-51-46(55)16-11-10-15-45-47-44(33-63-45)52-48(56)53-47)27-37(29-38)31-59-49(39-13-8-7-9-14-39,40-17-21-42(57-5)22-18-40)41-19-23-43(58-6)24-20-41/h7-9,13-14,17-24,27-29,34-35,44-45,47H,10-12,15-16,26,30-33H2,1-6H3,(H,51,55)(H2,52,53,56). The predicted molar refractivity (Wildman–Crippen MR) is 249 cm³/mol. The lowest BCUT2D eigenvalue weighted by Gasteiger charge is -2.36. The van der Waals surface area contributed by atoms with Gasteiger partial charge in [-0.1, -0.05) is 79.2 Å². The van der Waals surface area contributed by atoms with Gasteiger partial charge in [-0.2, -0.15) is 17.0 Å². The number of carbonyl (C=O) groups is 2. The highest BCUT2D eigenvalue weighted by Gasteiger charge is 2.42. The molecule has 0 saturated carbocycles. The summed E-state index contributed by atoms with van der Waals surface area (Å²) in [6.07, 6.45) is 3.32. The monoisotopic (exact) mass is 895 g/mol. The number of fused-ring (bicyclic) bond motifs is 1. The molecule has 0 radical (unpaired) electrons. The molecule has 63 heavy (non-hydrogen) atoms. The summed E-state index contributed by atoms with van der Waals surface area (Å²) in [5.74, 6) is 2.39. The van der Waals surface area contributed by atoms with Crippen LogP contribution in [-0.4, -0.2) is 72.6 Å². The van der Waals surface area contributed by atoms with E-state index in [-0.39, 0.29) is 62.3 Å². The van der Waals surface area contributed by atoms with Crippen molar-refractivity contribution in [3.05, 3.63) is 130 Å². The highest BCUT2D eigenvalue weighted by atomic mass is 32.2. The van der Waals surface area contributed by atoms with Crippen LogP contribution < -0.4 is 25.4 Å². The zero-order chi connectivity index (χ0) is 44.8. The number of nitrogens with zero attached hydrogens (tertiary/aromatic N) is 2. The molecule has 3 N–H and O–H groups in total. The summed E-state index contributed by atoms with van der Waals surface area (Å²) in [5, 5.41) is 18.9. The Hall–Kier alpha value is -4.67. The van der Waals surface area contributed by atoms with Crippen LogP contribution in [0.2, 0.25) is 0 Å². The summed E-state index contributed by atoms with van der Waals surface area (Å²) in [4.78, 5) is 25.1. The number of carbonyl (C=O) groups excluding carboxylic acids is 2. The maximum absolute atomic E-state index is 13.3. The van der Waals surface area contributed by atoms with Crippen LogP contribution in [0.5, 0.6) is 11.5 Å². The Labute approximate surface area is 378 Å². The Morgan fingerprint density at radius 2 is 1.44 bits per heavy atom. The van der Waals surface area contributed by atoms with Crippen LogP contribution in [0.4, 0.5) is 4.79 Å². The van der Waals surface area contributed by atoms with Gasteiger partial charge in [-0.15, -0.1) is 0 Å². The number of rotatable bonds is 24. The third-order valence-electron chi connectivity index (χ3n) is 11.3. The van der Waals surface area contributed by atoms with Gasteiger partial charge in [0.05, 0.1) is 58.6 Å². The Morgan fingerprint density at radius 1 is 0.841 bits per heavy atom. The molecule has 336 valence electrons. The van der Waals surface area contributed by atoms with Crippen LogP contribution in [0.25, 0.3) is 0 Å². The molecule has 12 nitrogen and oxygen atoms in total. The summed E-state index contributed by atoms with van der Waals surface area (Å²) >= 11 is 1.89. The lowest BCUT2D eigenvalue weighted by molar-refractivity contribution is -0.121. The number of nitriles is 1. The highest BCUT2D eigenvalue weighted by molar-refractivity contribution is 8.00. The summed E-state index contributed by atoms with van der Waals surface area (Å²) in [6.45, 7) is 9.54. The van der Waals surface area contributed by atoms with Crippen molar-refractivity contribution in [1.82, 2.24) is 20.6 Å². The first-order chi connectivity index (χ1) is 30.5. The number of unbranched alkanes of at least 4 members (excludes halogenated alkanes) is 1. The number of methoxy groups -OCH3 is 2. The summed E-state index contributed by atoms with van der Waals surface area (Å²) in [6, 6.07) is 35.1. The molecule has 2 fully saturated rings. The van der Waals surface area contributed by atoms with Gasteiger partial charge in [-0.05, 0) is 98.2 Å². The number of urea groups is 1. The molecule has 6 rings (SSSR count). The summed E-state index contributed by atoms with van der Waals surface area (Å²) in [7, 11) is 1.83. The van der Waals surface area contributed by atoms with Gasteiger partial charge in [0.15, 0.2) is 0 Å². The molecular weight excluding hydrogens is 834 g/mol. The Morgan fingerprint density at radius 3 is 2.05 bits per heavy atom. The molecule has 0 aromatic heterocycles. The number of amides is 3. The smallest absolute Gasteiger partial charge is 0.315 e. The van der Waals surface area contributed by atoms with Crippen molar-refractivity contribution >= 4 is 32.2 Å². The van der Waals surface area contributed by atoms with Crippen molar-refractivity contribution in [2.24, 2.45) is 0 Å². The second-order valence-corrected chi connectivity index (χ2v) is 19.1. The van der Waals surface area contributed by atoms with Gasteiger partial charge in [0.2, 0.25) is 5.91 Å². The topological polar surface area (TPSA) is 143 Å². The van der Waals surface area contributed by atoms with E-state index in [4.69, 9.17) is 23.3 Å². The average Bonchev–Trinajstić information content (AvgIpc) is 3.85. The number of ether oxygens (including phenoxy) is 3. The first-order valence-electron chi connectivity index (χ1n) is 21.8. The maximum Gasteiger partial charge on any atom is 0.315 e. The van der Waals surface area contributed by atoms with Crippen LogP contribution >= 0.6 is 20.3 Å². The van der Waals surface area contributed by atoms with Crippen LogP contribution in [0.3, 0.4) is 0 Å². The first kappa shape index (κ1) is 47.8. The van der Waals surface area contributed by atoms with E-state index in [1.165, 1.54) is 0 Å². The van der Waals surface area contributed by atoms with Gasteiger partial charge < -0.3 is 39.2 Å². The first-order valence-corrected chi connectivity index (χ1v) is 24.0. The Balaban J connectivity index is 1.26. The third kappa shape index (κ3) is 12.5. The second-order valence-electron chi connectivity index (χ2n) is 16.4. The van der Waals surface area contributed by atoms with Crippen molar-refractivity contribution < 1.29 is 32.8 Å². The van der Waals surface area contributed by atoms with E-state index in [1.54, 1.807) is 14.2 Å². The van der Waals surface area contributed by atoms with E-state index in [0.29, 0.717) is 18.2 Å². The zero-order valence-electron chi connectivity index (χ0n) is 37.3. The van der Waals surface area contributed by atoms with Gasteiger partial charge in [0, 0.05) is 36.1 Å². The summed E-state index contributed by atoms with van der Waals surface area (Å²) < 4.78 is 33.4. The molecule has 4 aromatic carbocycles. The molecule has 0 aliphatic carbocycles. The van der Waals surface area contributed by atoms with Crippen molar-refractivity contribution in [1.29, 1.82) is 5.26 Å². The molecule has 2 aliphatic heterocycles. The molecule has 4 aromatic rings. The molecule has 0 spiro atoms. The lowest BCUT2D eigenvalue weighted by Crippen LogP contribution is -2.36. The molecule has 2 heterocycles. The minimum atomic E-state index is -1.48. The van der Waals surface area contributed by atoms with Crippen molar-refractivity contribution in [3.8, 4) is 17.6 Å². The molecule has 14 heteroatoms. The zero-order valence-corrected chi connectivity index (χ0v) is 39.0. The van der Waals surface area contributed by atoms with E-state index in [2.05, 4.69) is 84.7 Å². The number of benzene rings is 4. The van der Waals surface area contributed by atoms with Gasteiger partial charge in [-0.25, -0.2) is 9.46 Å². The molecule has 2 aliphatic rings. The fraction of sp³-hybridized carbons (Fsp3) is 0.449. The maximum atomic E-state index is 13.3. The minimum Gasteiger partial charge on any atom is -0.497 e. The van der Waals surface area contributed by atoms with Gasteiger partial charge in [0.25, 0.3) is 8.53 Å². The predicted octanol–water partition coefficient (Wildman–Crippen LogP) is 9.35. The van der Waals surface area contributed by atoms with Crippen molar-refractivity contribution in [3.63, 3.8) is 0 Å². The van der Waals surface area contributed by atoms with E-state index < -0.39 is 14.1 Å². The minimum absolute atomic E-state index is 0.0109. The number of nitrogens with one attached hydrogen (secondary N) is 3. The normalized spacial score (nSPS) is 17.6. The second kappa shape index (κ2) is 23.3. The fourth-order valence-electron chi connectivity index (χ4n) is 8.38. The van der Waals surface area contributed by atoms with E-state index in [1.807, 2.05) is 78.5 Å². The highest BCUT2D eigenvalue weighted by Crippen LogP contribution is 2.47. The van der Waals surface area contributed by atoms with Crippen LogP contribution in [0.15, 0.2) is 97.1 Å². The van der Waals surface area contributed by atoms with Crippen LogP contribution in [-0.2, 0) is 43.9 Å². The molecular formula is C49H62N5O7PS. The third-order valence-corrected chi connectivity index (χ3v) is 14.9. The molecule has 4 atom stereocenters.